The molecule has 1 fully saturated rings. The molecule has 0 bridgehead atoms. The minimum Gasteiger partial charge on any atom is -0.319 e. The van der Waals surface area contributed by atoms with Crippen molar-refractivity contribution in [1.29, 1.82) is 0 Å². The first kappa shape index (κ1) is 30.5. The maximum absolute atomic E-state index is 5.04. The predicted octanol–water partition coefficient (Wildman–Crippen LogP) is 12.7. The Bertz CT molecular complexity index is 2900. The van der Waals surface area contributed by atoms with Crippen LogP contribution in [-0.2, 0) is 5.41 Å². The van der Waals surface area contributed by atoms with Gasteiger partial charge in [-0.2, -0.15) is 0 Å². The summed E-state index contributed by atoms with van der Waals surface area (Å²) in [5.41, 5.74) is 12.3. The molecule has 11 rings (SSSR count). The van der Waals surface area contributed by atoms with E-state index in [1.807, 2.05) is 6.20 Å². The van der Waals surface area contributed by atoms with Crippen molar-refractivity contribution in [3.05, 3.63) is 163 Å². The number of nitrogens with zero attached hydrogens (tertiary/aromatic N) is 4. The van der Waals surface area contributed by atoms with Crippen LogP contribution in [0.1, 0.15) is 45.1 Å². The van der Waals surface area contributed by atoms with Gasteiger partial charge in [0.15, 0.2) is 0 Å². The van der Waals surface area contributed by atoms with E-state index in [0.29, 0.717) is 0 Å². The van der Waals surface area contributed by atoms with Gasteiger partial charge in [0.1, 0.15) is 5.82 Å². The molecule has 1 aliphatic carbocycles. The van der Waals surface area contributed by atoms with Gasteiger partial charge < -0.3 is 14.0 Å². The molecule has 2 aliphatic rings. The SMILES string of the molecule is CC12CCCCC1(C)N(c1ccc3c(c1)c1ccccc1n3-c1cccc(-c3cccc4c3c3ccccc3n4-c3ccccc3)c1)c1ncccc12. The highest BCUT2D eigenvalue weighted by Gasteiger charge is 2.58. The van der Waals surface area contributed by atoms with Crippen LogP contribution in [0.5, 0.6) is 0 Å². The van der Waals surface area contributed by atoms with Crippen LogP contribution in [0, 0.1) is 0 Å². The van der Waals surface area contributed by atoms with Gasteiger partial charge in [-0.15, -0.1) is 0 Å². The minimum absolute atomic E-state index is 0.0348. The zero-order valence-electron chi connectivity index (χ0n) is 30.1. The summed E-state index contributed by atoms with van der Waals surface area (Å²) in [5, 5.41) is 5.07. The highest BCUT2D eigenvalue weighted by Crippen LogP contribution is 2.60. The maximum Gasteiger partial charge on any atom is 0.137 e. The van der Waals surface area contributed by atoms with Crippen LogP contribution in [-0.4, -0.2) is 19.7 Å². The van der Waals surface area contributed by atoms with Gasteiger partial charge in [-0.1, -0.05) is 105 Å². The topological polar surface area (TPSA) is 26.0 Å². The number of hydrogen-bond acceptors (Lipinski definition) is 2. The molecule has 0 N–H and O–H groups in total. The molecular weight excluding hydrogens is 645 g/mol. The van der Waals surface area contributed by atoms with Gasteiger partial charge in [0, 0.05) is 55.8 Å². The van der Waals surface area contributed by atoms with Gasteiger partial charge in [0.05, 0.1) is 27.6 Å². The molecule has 2 unspecified atom stereocenters. The lowest BCUT2D eigenvalue weighted by molar-refractivity contribution is 0.195. The highest BCUT2D eigenvalue weighted by atomic mass is 15.3. The van der Waals surface area contributed by atoms with E-state index in [1.165, 1.54) is 90.9 Å². The van der Waals surface area contributed by atoms with E-state index in [1.54, 1.807) is 0 Å². The summed E-state index contributed by atoms with van der Waals surface area (Å²) in [5.74, 6) is 1.12. The second-order valence-electron chi connectivity index (χ2n) is 15.5. The second-order valence-corrected chi connectivity index (χ2v) is 15.5. The molecular formula is C49H40N4. The van der Waals surface area contributed by atoms with Crippen molar-refractivity contribution in [3.63, 3.8) is 0 Å². The minimum atomic E-state index is -0.0348. The molecule has 6 aromatic carbocycles. The van der Waals surface area contributed by atoms with Crippen molar-refractivity contribution in [2.45, 2.75) is 50.5 Å². The lowest BCUT2D eigenvalue weighted by Gasteiger charge is -2.50. The molecule has 3 aromatic heterocycles. The Kier molecular flexibility index (Phi) is 6.43. The van der Waals surface area contributed by atoms with Crippen molar-refractivity contribution in [2.24, 2.45) is 0 Å². The van der Waals surface area contributed by atoms with Gasteiger partial charge in [-0.25, -0.2) is 4.98 Å². The smallest absolute Gasteiger partial charge is 0.137 e. The normalized spacial score (nSPS) is 19.7. The first-order chi connectivity index (χ1) is 26.0. The first-order valence-corrected chi connectivity index (χ1v) is 19.0. The molecule has 256 valence electrons. The van der Waals surface area contributed by atoms with Gasteiger partial charge in [-0.05, 0) is 97.6 Å². The Morgan fingerprint density at radius 3 is 2.06 bits per heavy atom. The van der Waals surface area contributed by atoms with Gasteiger partial charge in [0.25, 0.3) is 0 Å². The van der Waals surface area contributed by atoms with Crippen LogP contribution in [0.3, 0.4) is 0 Å². The van der Waals surface area contributed by atoms with Gasteiger partial charge in [0.2, 0.25) is 0 Å². The van der Waals surface area contributed by atoms with E-state index in [2.05, 4.69) is 180 Å². The number of hydrogen-bond donors (Lipinski definition) is 0. The predicted molar refractivity (Wildman–Crippen MR) is 221 cm³/mol. The van der Waals surface area contributed by atoms with E-state index in [0.717, 1.165) is 17.9 Å². The zero-order valence-corrected chi connectivity index (χ0v) is 30.1. The Hall–Kier alpha value is -6.13. The molecule has 9 aromatic rings. The molecule has 0 saturated heterocycles. The molecule has 4 heterocycles. The third-order valence-electron chi connectivity index (χ3n) is 12.9. The van der Waals surface area contributed by atoms with Crippen molar-refractivity contribution in [2.75, 3.05) is 4.90 Å². The molecule has 0 radical (unpaired) electrons. The fraction of sp³-hybridized carbons (Fsp3) is 0.163. The highest BCUT2D eigenvalue weighted by molar-refractivity contribution is 6.16. The summed E-state index contributed by atoms with van der Waals surface area (Å²) in [6.07, 6.45) is 6.83. The van der Waals surface area contributed by atoms with Crippen molar-refractivity contribution in [1.82, 2.24) is 14.1 Å². The fourth-order valence-corrected chi connectivity index (χ4v) is 10.2. The summed E-state index contributed by atoms with van der Waals surface area (Å²) in [7, 11) is 0. The number of rotatable bonds is 4. The van der Waals surface area contributed by atoms with Crippen molar-refractivity contribution in [3.8, 4) is 22.5 Å². The van der Waals surface area contributed by atoms with Crippen LogP contribution in [0.15, 0.2) is 158 Å². The van der Waals surface area contributed by atoms with Crippen LogP contribution >= 0.6 is 0 Å². The fourth-order valence-electron chi connectivity index (χ4n) is 10.2. The van der Waals surface area contributed by atoms with E-state index in [9.17, 15) is 0 Å². The number of para-hydroxylation sites is 3. The van der Waals surface area contributed by atoms with Crippen LogP contribution in [0.4, 0.5) is 11.5 Å². The average Bonchev–Trinajstić information content (AvgIpc) is 3.79. The first-order valence-electron chi connectivity index (χ1n) is 19.0. The lowest BCUT2D eigenvalue weighted by Crippen LogP contribution is -2.54. The summed E-state index contributed by atoms with van der Waals surface area (Å²) in [6.45, 7) is 4.95. The van der Waals surface area contributed by atoms with Gasteiger partial charge in [-0.3, -0.25) is 0 Å². The number of aromatic nitrogens is 3. The van der Waals surface area contributed by atoms with Crippen molar-refractivity contribution >= 4 is 55.1 Å². The standard InChI is InChI=1S/C49H40N4/c1-48-28-10-11-29-49(48,2)53(47-41(48)22-14-30-50-47)36-26-27-44-40(32-36)38-19-6-8-23-42(38)52(44)35-18-12-15-33(31-35)37-21-13-25-45-46(37)39-20-7-9-24-43(39)51(45)34-16-4-3-5-17-34/h3-9,12-27,30-32H,10-11,28-29H2,1-2H3. The number of anilines is 2. The number of pyridine rings is 1. The molecule has 53 heavy (non-hydrogen) atoms. The van der Waals surface area contributed by atoms with Gasteiger partial charge >= 0.3 is 0 Å². The van der Waals surface area contributed by atoms with Crippen LogP contribution in [0.25, 0.3) is 66.1 Å². The molecule has 0 spiro atoms. The van der Waals surface area contributed by atoms with Crippen LogP contribution < -0.4 is 4.90 Å². The maximum atomic E-state index is 5.04. The molecule has 4 heteroatoms. The third kappa shape index (κ3) is 4.15. The Labute approximate surface area is 309 Å². The Balaban J connectivity index is 1.10. The van der Waals surface area contributed by atoms with E-state index in [4.69, 9.17) is 4.98 Å². The lowest BCUT2D eigenvalue weighted by atomic mass is 9.61. The quantitative estimate of drug-likeness (QED) is 0.184. The summed E-state index contributed by atoms with van der Waals surface area (Å²) in [4.78, 5) is 7.63. The summed E-state index contributed by atoms with van der Waals surface area (Å²) in [6, 6.07) is 55.8. The molecule has 2 atom stereocenters. The largest absolute Gasteiger partial charge is 0.319 e. The van der Waals surface area contributed by atoms with Crippen LogP contribution in [0.2, 0.25) is 0 Å². The molecule has 1 aliphatic heterocycles. The molecule has 1 saturated carbocycles. The van der Waals surface area contributed by atoms with E-state index < -0.39 is 0 Å². The molecule has 0 amide bonds. The summed E-state index contributed by atoms with van der Waals surface area (Å²) < 4.78 is 4.85. The number of benzene rings is 6. The van der Waals surface area contributed by atoms with E-state index in [-0.39, 0.29) is 11.0 Å². The van der Waals surface area contributed by atoms with Crippen molar-refractivity contribution < 1.29 is 0 Å². The second kappa shape index (κ2) is 11.2. The monoisotopic (exact) mass is 684 g/mol. The average molecular weight is 685 g/mol. The third-order valence-corrected chi connectivity index (χ3v) is 12.9. The zero-order chi connectivity index (χ0) is 35.3. The van der Waals surface area contributed by atoms with E-state index >= 15 is 0 Å². The number of fused-ring (bicyclic) bond motifs is 9. The Morgan fingerprint density at radius 1 is 0.509 bits per heavy atom. The Morgan fingerprint density at radius 2 is 1.19 bits per heavy atom. The summed E-state index contributed by atoms with van der Waals surface area (Å²) >= 11 is 0. The molecule has 4 nitrogen and oxygen atoms in total.